The lowest BCUT2D eigenvalue weighted by Crippen LogP contribution is -2.15. The van der Waals surface area contributed by atoms with E-state index in [0.29, 0.717) is 16.1 Å². The normalized spacial score (nSPS) is 15.6. The Kier molecular flexibility index (Phi) is 3.04. The average molecular weight is 347 g/mol. The minimum absolute atomic E-state index is 0.286. The van der Waals surface area contributed by atoms with Crippen LogP contribution >= 0.6 is 15.9 Å². The molecule has 1 N–H and O–H groups in total. The van der Waals surface area contributed by atoms with E-state index >= 15 is 0 Å². The largest absolute Gasteiger partial charge is 0.416 e. The minimum Gasteiger partial charge on any atom is -0.294 e. The van der Waals surface area contributed by atoms with Crippen LogP contribution in [-0.4, -0.2) is 9.78 Å². The highest BCUT2D eigenvalue weighted by Gasteiger charge is 2.31. The highest BCUT2D eigenvalue weighted by Crippen LogP contribution is 2.41. The van der Waals surface area contributed by atoms with E-state index < -0.39 is 11.7 Å². The van der Waals surface area contributed by atoms with Crippen molar-refractivity contribution in [2.24, 2.45) is 0 Å². The summed E-state index contributed by atoms with van der Waals surface area (Å²) >= 11 is 3.24. The van der Waals surface area contributed by atoms with E-state index in [2.05, 4.69) is 21.0 Å². The summed E-state index contributed by atoms with van der Waals surface area (Å²) in [6.45, 7) is 0. The topological polar surface area (TPSA) is 37.8 Å². The first kappa shape index (κ1) is 13.5. The van der Waals surface area contributed by atoms with Gasteiger partial charge in [0.25, 0.3) is 5.56 Å². The third-order valence-corrected chi connectivity index (χ3v) is 4.06. The summed E-state index contributed by atoms with van der Waals surface area (Å²) in [5.74, 6) is 0.341. The molecule has 0 atom stereocenters. The van der Waals surface area contributed by atoms with Crippen LogP contribution in [0.25, 0.3) is 5.69 Å². The van der Waals surface area contributed by atoms with Crippen LogP contribution in [0.1, 0.15) is 30.0 Å². The molecule has 1 aliphatic carbocycles. The van der Waals surface area contributed by atoms with Gasteiger partial charge in [-0.25, -0.2) is 4.68 Å². The first-order chi connectivity index (χ1) is 9.38. The molecule has 0 unspecified atom stereocenters. The molecule has 1 aliphatic rings. The number of aromatic amines is 1. The van der Waals surface area contributed by atoms with Crippen LogP contribution in [0, 0.1) is 0 Å². The number of aromatic nitrogens is 2. The quantitative estimate of drug-likeness (QED) is 0.881. The Morgan fingerprint density at radius 1 is 1.20 bits per heavy atom. The van der Waals surface area contributed by atoms with Gasteiger partial charge in [-0.1, -0.05) is 0 Å². The van der Waals surface area contributed by atoms with Crippen molar-refractivity contribution in [3.05, 3.63) is 50.3 Å². The number of alkyl halides is 3. The van der Waals surface area contributed by atoms with E-state index in [1.165, 1.54) is 16.8 Å². The molecule has 2 aromatic rings. The number of hydrogen-bond acceptors (Lipinski definition) is 1. The zero-order valence-electron chi connectivity index (χ0n) is 10.2. The zero-order valence-corrected chi connectivity index (χ0v) is 11.8. The number of halogens is 4. The van der Waals surface area contributed by atoms with Crippen molar-refractivity contribution in [2.75, 3.05) is 0 Å². The molecule has 0 spiro atoms. The SMILES string of the molecule is O=c1c(Br)c(C2CC2)[nH]n1-c1ccc(C(F)(F)F)cc1. The van der Waals surface area contributed by atoms with Gasteiger partial charge in [-0.05, 0) is 53.0 Å². The summed E-state index contributed by atoms with van der Waals surface area (Å²) in [6.07, 6.45) is -2.34. The molecule has 3 rings (SSSR count). The summed E-state index contributed by atoms with van der Waals surface area (Å²) in [7, 11) is 0. The summed E-state index contributed by atoms with van der Waals surface area (Å²) in [6, 6.07) is 4.49. The molecule has 106 valence electrons. The predicted octanol–water partition coefficient (Wildman–Crippen LogP) is 3.82. The van der Waals surface area contributed by atoms with Gasteiger partial charge in [-0.2, -0.15) is 13.2 Å². The van der Waals surface area contributed by atoms with Gasteiger partial charge >= 0.3 is 6.18 Å². The van der Waals surface area contributed by atoms with Gasteiger partial charge in [-0.3, -0.25) is 9.89 Å². The van der Waals surface area contributed by atoms with Crippen molar-refractivity contribution in [3.8, 4) is 5.69 Å². The lowest BCUT2D eigenvalue weighted by Gasteiger charge is -2.07. The Labute approximate surface area is 120 Å². The Morgan fingerprint density at radius 3 is 2.30 bits per heavy atom. The Morgan fingerprint density at radius 2 is 1.80 bits per heavy atom. The molecule has 1 aromatic carbocycles. The maximum atomic E-state index is 12.5. The summed E-state index contributed by atoms with van der Waals surface area (Å²) in [5.41, 5.74) is 0.180. The monoisotopic (exact) mass is 346 g/mol. The minimum atomic E-state index is -4.38. The van der Waals surface area contributed by atoms with Crippen LogP contribution in [0.3, 0.4) is 0 Å². The van der Waals surface area contributed by atoms with Crippen LogP contribution < -0.4 is 5.56 Å². The molecule has 1 saturated carbocycles. The molecule has 0 saturated heterocycles. The lowest BCUT2D eigenvalue weighted by atomic mass is 10.2. The first-order valence-corrected chi connectivity index (χ1v) is 6.85. The zero-order chi connectivity index (χ0) is 14.5. The van der Waals surface area contributed by atoms with Crippen molar-refractivity contribution in [1.82, 2.24) is 9.78 Å². The van der Waals surface area contributed by atoms with E-state index in [4.69, 9.17) is 0 Å². The van der Waals surface area contributed by atoms with Gasteiger partial charge in [0, 0.05) is 5.92 Å². The maximum absolute atomic E-state index is 12.5. The molecular weight excluding hydrogens is 337 g/mol. The number of nitrogens with zero attached hydrogens (tertiary/aromatic N) is 1. The standard InChI is InChI=1S/C13H10BrF3N2O/c14-10-11(7-1-2-7)18-19(12(10)20)9-5-3-8(4-6-9)13(15,16)17/h3-7,18H,1-2H2. The average Bonchev–Trinajstić information content (AvgIpc) is 3.18. The summed E-state index contributed by atoms with van der Waals surface area (Å²) in [4.78, 5) is 12.1. The molecule has 1 heterocycles. The summed E-state index contributed by atoms with van der Waals surface area (Å²) in [5, 5.41) is 2.96. The maximum Gasteiger partial charge on any atom is 0.416 e. The van der Waals surface area contributed by atoms with Gasteiger partial charge in [-0.15, -0.1) is 0 Å². The number of nitrogens with one attached hydrogen (secondary N) is 1. The molecule has 0 bridgehead atoms. The second-order valence-electron chi connectivity index (χ2n) is 4.80. The number of rotatable bonds is 2. The van der Waals surface area contributed by atoms with Crippen molar-refractivity contribution in [2.45, 2.75) is 24.9 Å². The second kappa shape index (κ2) is 4.51. The van der Waals surface area contributed by atoms with Gasteiger partial charge in [0.2, 0.25) is 0 Å². The van der Waals surface area contributed by atoms with Gasteiger partial charge in [0.05, 0.1) is 16.9 Å². The van der Waals surface area contributed by atoms with E-state index in [1.54, 1.807) is 0 Å². The highest BCUT2D eigenvalue weighted by atomic mass is 79.9. The smallest absolute Gasteiger partial charge is 0.294 e. The van der Waals surface area contributed by atoms with Crippen molar-refractivity contribution in [3.63, 3.8) is 0 Å². The fraction of sp³-hybridized carbons (Fsp3) is 0.308. The van der Waals surface area contributed by atoms with E-state index in [-0.39, 0.29) is 5.56 Å². The lowest BCUT2D eigenvalue weighted by molar-refractivity contribution is -0.137. The number of benzene rings is 1. The molecule has 7 heteroatoms. The Hall–Kier alpha value is -1.50. The van der Waals surface area contributed by atoms with Crippen LogP contribution in [-0.2, 0) is 6.18 Å². The highest BCUT2D eigenvalue weighted by molar-refractivity contribution is 9.10. The molecule has 0 aliphatic heterocycles. The fourth-order valence-electron chi connectivity index (χ4n) is 2.06. The molecule has 1 fully saturated rings. The third-order valence-electron chi connectivity index (χ3n) is 3.30. The predicted molar refractivity (Wildman–Crippen MR) is 71.1 cm³/mol. The summed E-state index contributed by atoms with van der Waals surface area (Å²) < 4.78 is 39.2. The van der Waals surface area contributed by atoms with Crippen LogP contribution in [0.15, 0.2) is 33.5 Å². The molecule has 1 aromatic heterocycles. The van der Waals surface area contributed by atoms with Gasteiger partial charge in [0.1, 0.15) is 4.47 Å². The Bertz CT molecular complexity index is 696. The number of hydrogen-bond donors (Lipinski definition) is 1. The molecule has 20 heavy (non-hydrogen) atoms. The molecular formula is C13H10BrF3N2O. The fourth-order valence-corrected chi connectivity index (χ4v) is 2.65. The van der Waals surface area contributed by atoms with Crippen LogP contribution in [0.4, 0.5) is 13.2 Å². The van der Waals surface area contributed by atoms with E-state index in [1.807, 2.05) is 0 Å². The third kappa shape index (κ3) is 2.30. The second-order valence-corrected chi connectivity index (χ2v) is 5.59. The van der Waals surface area contributed by atoms with E-state index in [0.717, 1.165) is 30.7 Å². The molecule has 0 amide bonds. The van der Waals surface area contributed by atoms with Crippen molar-refractivity contribution in [1.29, 1.82) is 0 Å². The van der Waals surface area contributed by atoms with Crippen LogP contribution in [0.2, 0.25) is 0 Å². The van der Waals surface area contributed by atoms with E-state index in [9.17, 15) is 18.0 Å². The number of H-pyrrole nitrogens is 1. The van der Waals surface area contributed by atoms with Crippen molar-refractivity contribution < 1.29 is 13.2 Å². The first-order valence-electron chi connectivity index (χ1n) is 6.06. The molecule has 0 radical (unpaired) electrons. The van der Waals surface area contributed by atoms with Gasteiger partial charge < -0.3 is 0 Å². The van der Waals surface area contributed by atoms with Crippen LogP contribution in [0.5, 0.6) is 0 Å². The Balaban J connectivity index is 2.01. The molecule has 3 nitrogen and oxygen atoms in total. The van der Waals surface area contributed by atoms with Gasteiger partial charge in [0.15, 0.2) is 0 Å². The van der Waals surface area contributed by atoms with Crippen molar-refractivity contribution >= 4 is 15.9 Å².